The molecule has 0 aliphatic rings. The van der Waals surface area contributed by atoms with Gasteiger partial charge in [-0.15, -0.1) is 0 Å². The van der Waals surface area contributed by atoms with E-state index in [1.165, 1.54) is 0 Å². The molecule has 0 aliphatic heterocycles. The van der Waals surface area contributed by atoms with Crippen LogP contribution in [0.1, 0.15) is 15.9 Å². The Bertz CT molecular complexity index is 358. The van der Waals surface area contributed by atoms with Crippen LogP contribution in [0.25, 0.3) is 0 Å². The van der Waals surface area contributed by atoms with Gasteiger partial charge in [0, 0.05) is 4.47 Å². The number of halogens is 1. The summed E-state index contributed by atoms with van der Waals surface area (Å²) in [6.45, 7) is 5.67. The third-order valence-electron chi connectivity index (χ3n) is 1.68. The smallest absolute Gasteiger partial charge is 0.339 e. The van der Waals surface area contributed by atoms with Crippen molar-refractivity contribution in [3.63, 3.8) is 0 Å². The molecule has 3 heteroatoms. The van der Waals surface area contributed by atoms with Gasteiger partial charge in [0.2, 0.25) is 0 Å². The maximum atomic E-state index is 11.4. The topological polar surface area (TPSA) is 26.3 Å². The van der Waals surface area contributed by atoms with E-state index in [0.717, 1.165) is 10.0 Å². The van der Waals surface area contributed by atoms with Gasteiger partial charge in [-0.25, -0.2) is 4.79 Å². The van der Waals surface area contributed by atoms with Crippen LogP contribution in [0.2, 0.25) is 0 Å². The van der Waals surface area contributed by atoms with E-state index in [2.05, 4.69) is 22.5 Å². The Morgan fingerprint density at radius 1 is 1.64 bits per heavy atom. The maximum absolute atomic E-state index is 11.4. The molecule has 0 bridgehead atoms. The summed E-state index contributed by atoms with van der Waals surface area (Å²) in [5.74, 6) is -0.336. The Labute approximate surface area is 91.7 Å². The summed E-state index contributed by atoms with van der Waals surface area (Å²) >= 11 is 3.31. The van der Waals surface area contributed by atoms with E-state index < -0.39 is 0 Å². The van der Waals surface area contributed by atoms with E-state index in [4.69, 9.17) is 4.74 Å². The predicted octanol–water partition coefficient (Wildman–Crippen LogP) is 3.10. The number of aryl methyl sites for hydroxylation is 1. The second kappa shape index (κ2) is 4.96. The fourth-order valence-corrected chi connectivity index (χ4v) is 1.65. The molecule has 0 fully saturated rings. The van der Waals surface area contributed by atoms with Gasteiger partial charge in [-0.2, -0.15) is 0 Å². The van der Waals surface area contributed by atoms with Crippen LogP contribution in [-0.2, 0) is 4.74 Å². The first kappa shape index (κ1) is 11.0. The summed E-state index contributed by atoms with van der Waals surface area (Å²) in [6, 6.07) is 5.49. The lowest BCUT2D eigenvalue weighted by atomic mass is 10.1. The number of benzene rings is 1. The number of carbonyl (C=O) groups excluding carboxylic acids is 1. The lowest BCUT2D eigenvalue weighted by molar-refractivity contribution is 0.0548. The molecule has 2 nitrogen and oxygen atoms in total. The van der Waals surface area contributed by atoms with Crippen LogP contribution in [-0.4, -0.2) is 12.6 Å². The second-order valence-electron chi connectivity index (χ2n) is 2.87. The van der Waals surface area contributed by atoms with Crippen LogP contribution >= 0.6 is 15.9 Å². The van der Waals surface area contributed by atoms with Gasteiger partial charge < -0.3 is 4.74 Å². The van der Waals surface area contributed by atoms with Gasteiger partial charge >= 0.3 is 5.97 Å². The molecule has 0 aromatic heterocycles. The van der Waals surface area contributed by atoms with Crippen LogP contribution in [0.4, 0.5) is 0 Å². The van der Waals surface area contributed by atoms with Crippen molar-refractivity contribution in [2.24, 2.45) is 0 Å². The maximum Gasteiger partial charge on any atom is 0.339 e. The van der Waals surface area contributed by atoms with Crippen LogP contribution in [0, 0.1) is 6.92 Å². The van der Waals surface area contributed by atoms with Crippen LogP contribution in [0.15, 0.2) is 35.3 Å². The number of hydrogen-bond acceptors (Lipinski definition) is 2. The zero-order chi connectivity index (χ0) is 10.6. The van der Waals surface area contributed by atoms with Gasteiger partial charge in [-0.3, -0.25) is 0 Å². The third kappa shape index (κ3) is 2.70. The zero-order valence-electron chi connectivity index (χ0n) is 7.92. The highest BCUT2D eigenvalue weighted by Gasteiger charge is 2.10. The number of rotatable bonds is 3. The highest BCUT2D eigenvalue weighted by atomic mass is 79.9. The molecule has 74 valence electrons. The molecule has 1 aromatic carbocycles. The van der Waals surface area contributed by atoms with Gasteiger partial charge in [-0.1, -0.05) is 18.7 Å². The van der Waals surface area contributed by atoms with Crippen molar-refractivity contribution in [2.75, 3.05) is 6.61 Å². The van der Waals surface area contributed by atoms with Crippen molar-refractivity contribution in [3.05, 3.63) is 46.5 Å². The van der Waals surface area contributed by atoms with Gasteiger partial charge in [0.1, 0.15) is 6.61 Å². The first-order valence-electron chi connectivity index (χ1n) is 4.19. The zero-order valence-corrected chi connectivity index (χ0v) is 9.50. The number of carbonyl (C=O) groups is 1. The molecule has 0 saturated heterocycles. The van der Waals surface area contributed by atoms with E-state index in [-0.39, 0.29) is 12.6 Å². The highest BCUT2D eigenvalue weighted by Crippen LogP contribution is 2.19. The molecule has 0 atom stereocenters. The second-order valence-corrected chi connectivity index (χ2v) is 3.72. The number of esters is 1. The minimum absolute atomic E-state index is 0.235. The molecular formula is C11H11BrO2. The monoisotopic (exact) mass is 254 g/mol. The Hall–Kier alpha value is -1.09. The standard InChI is InChI=1S/C11H11BrO2/c1-3-6-14-11(13)9-5-4-8(2)7-10(9)12/h3-5,7H,1,6H2,2H3. The SMILES string of the molecule is C=CCOC(=O)c1ccc(C)cc1Br. The van der Waals surface area contributed by atoms with Gasteiger partial charge in [0.15, 0.2) is 0 Å². The molecule has 0 N–H and O–H groups in total. The summed E-state index contributed by atoms with van der Waals surface area (Å²) in [5, 5.41) is 0. The summed E-state index contributed by atoms with van der Waals surface area (Å²) in [4.78, 5) is 11.4. The van der Waals surface area contributed by atoms with Gasteiger partial charge in [-0.05, 0) is 40.5 Å². The molecular weight excluding hydrogens is 244 g/mol. The Balaban J connectivity index is 2.84. The van der Waals surface area contributed by atoms with Crippen LogP contribution in [0.3, 0.4) is 0 Å². The number of hydrogen-bond donors (Lipinski definition) is 0. The molecule has 1 rings (SSSR count). The largest absolute Gasteiger partial charge is 0.458 e. The molecule has 0 aliphatic carbocycles. The Kier molecular flexibility index (Phi) is 3.89. The predicted molar refractivity (Wildman–Crippen MR) is 59.4 cm³/mol. The molecule has 0 amide bonds. The average Bonchev–Trinajstić information content (AvgIpc) is 2.14. The summed E-state index contributed by atoms with van der Waals surface area (Å²) in [7, 11) is 0. The molecule has 0 heterocycles. The van der Waals surface area contributed by atoms with E-state index in [0.29, 0.717) is 5.56 Å². The first-order chi connectivity index (χ1) is 6.65. The van der Waals surface area contributed by atoms with E-state index >= 15 is 0 Å². The summed E-state index contributed by atoms with van der Waals surface area (Å²) in [5.41, 5.74) is 1.63. The fourth-order valence-electron chi connectivity index (χ4n) is 0.998. The van der Waals surface area contributed by atoms with Crippen LogP contribution < -0.4 is 0 Å². The molecule has 0 saturated carbocycles. The van der Waals surface area contributed by atoms with Crippen molar-refractivity contribution >= 4 is 21.9 Å². The molecule has 0 radical (unpaired) electrons. The van der Waals surface area contributed by atoms with Crippen molar-refractivity contribution < 1.29 is 9.53 Å². The summed E-state index contributed by atoms with van der Waals surface area (Å²) in [6.07, 6.45) is 1.54. The van der Waals surface area contributed by atoms with Crippen LogP contribution in [0.5, 0.6) is 0 Å². The average molecular weight is 255 g/mol. The molecule has 14 heavy (non-hydrogen) atoms. The minimum atomic E-state index is -0.336. The van der Waals surface area contributed by atoms with Gasteiger partial charge in [0.05, 0.1) is 5.56 Å². The van der Waals surface area contributed by atoms with E-state index in [1.54, 1.807) is 12.1 Å². The Morgan fingerprint density at radius 2 is 2.36 bits per heavy atom. The Morgan fingerprint density at radius 3 is 2.93 bits per heavy atom. The van der Waals surface area contributed by atoms with E-state index in [9.17, 15) is 4.79 Å². The lowest BCUT2D eigenvalue weighted by Gasteiger charge is -2.04. The fraction of sp³-hybridized carbons (Fsp3) is 0.182. The lowest BCUT2D eigenvalue weighted by Crippen LogP contribution is -2.05. The molecule has 0 spiro atoms. The quantitative estimate of drug-likeness (QED) is 0.612. The molecule has 1 aromatic rings. The highest BCUT2D eigenvalue weighted by molar-refractivity contribution is 9.10. The van der Waals surface area contributed by atoms with Crippen molar-refractivity contribution in [1.82, 2.24) is 0 Å². The molecule has 0 unspecified atom stereocenters. The minimum Gasteiger partial charge on any atom is -0.458 e. The van der Waals surface area contributed by atoms with Crippen molar-refractivity contribution in [3.8, 4) is 0 Å². The third-order valence-corrected chi connectivity index (χ3v) is 2.33. The first-order valence-corrected chi connectivity index (χ1v) is 4.98. The van der Waals surface area contributed by atoms with E-state index in [1.807, 2.05) is 19.1 Å². The number of ether oxygens (including phenoxy) is 1. The van der Waals surface area contributed by atoms with Gasteiger partial charge in [0.25, 0.3) is 0 Å². The van der Waals surface area contributed by atoms with Crippen molar-refractivity contribution in [2.45, 2.75) is 6.92 Å². The summed E-state index contributed by atoms with van der Waals surface area (Å²) < 4.78 is 5.67. The normalized spacial score (nSPS) is 9.57. The van der Waals surface area contributed by atoms with Crippen molar-refractivity contribution in [1.29, 1.82) is 0 Å².